The lowest BCUT2D eigenvalue weighted by Gasteiger charge is -2.55. The van der Waals surface area contributed by atoms with Gasteiger partial charge in [0.15, 0.2) is 0 Å². The monoisotopic (exact) mass is 500 g/mol. The molecule has 2 atom stereocenters. The predicted molar refractivity (Wildman–Crippen MR) is 145 cm³/mol. The summed E-state index contributed by atoms with van der Waals surface area (Å²) in [6, 6.07) is 6.40. The average molecular weight is 501 g/mol. The molecule has 2 aromatic rings. The Hall–Kier alpha value is -1.90. The summed E-state index contributed by atoms with van der Waals surface area (Å²) in [4.78, 5) is 18.8. The number of nitrogens with zero attached hydrogens (tertiary/aromatic N) is 3. The number of hydrogen-bond acceptors (Lipinski definition) is 5. The summed E-state index contributed by atoms with van der Waals surface area (Å²) in [5.74, 6) is 1.09. The van der Waals surface area contributed by atoms with Gasteiger partial charge in [-0.2, -0.15) is 0 Å². The molecular formula is C27H44N4O3Si-. The largest absolute Gasteiger partial charge is 0.564 e. The molecule has 2 heterocycles. The van der Waals surface area contributed by atoms with E-state index < -0.39 is 8.32 Å². The standard InChI is InChI=1S/C27H44N4O3Si/c1-18(2)35(19(3)4,20(5)6)34-16-21-8-7-9-23(14-21)31-25-11-10-22(15-24(25)29-27(31)28)30-12-13-33-17-26(30)32/h10-11,15,18-21,23H,7-9,12-14,16-17H2,1-6H3,(H2,28,29)/q-1. The van der Waals surface area contributed by atoms with Crippen LogP contribution in [0.3, 0.4) is 0 Å². The minimum Gasteiger partial charge on any atom is -0.564 e. The van der Waals surface area contributed by atoms with E-state index in [4.69, 9.17) is 19.9 Å². The summed E-state index contributed by atoms with van der Waals surface area (Å²) in [5, 5.41) is 0. The van der Waals surface area contributed by atoms with Crippen LogP contribution in [0, 0.1) is 5.92 Å². The van der Waals surface area contributed by atoms with Crippen LogP contribution in [-0.2, 0) is 14.0 Å². The molecule has 35 heavy (non-hydrogen) atoms. The maximum atomic E-state index is 12.3. The summed E-state index contributed by atoms with van der Waals surface area (Å²) in [6.45, 7) is 16.2. The number of rotatable bonds is 8. The number of ether oxygens (including phenoxy) is 1. The number of carbonyl (C=O) groups excluding carboxylic acids is 1. The molecule has 0 bridgehead atoms. The van der Waals surface area contributed by atoms with E-state index in [0.29, 0.717) is 47.7 Å². The van der Waals surface area contributed by atoms with Crippen molar-refractivity contribution >= 4 is 36.9 Å². The lowest BCUT2D eigenvalue weighted by Crippen LogP contribution is -2.48. The molecule has 1 aromatic heterocycles. The van der Waals surface area contributed by atoms with Crippen LogP contribution in [0.4, 0.5) is 11.6 Å². The highest BCUT2D eigenvalue weighted by Gasteiger charge is 2.34. The second kappa shape index (κ2) is 10.6. The lowest BCUT2D eigenvalue weighted by molar-refractivity contribution is -0.125. The van der Waals surface area contributed by atoms with Gasteiger partial charge in [0.1, 0.15) is 6.61 Å². The number of fused-ring (bicyclic) bond motifs is 1. The molecule has 2 unspecified atom stereocenters. The first kappa shape index (κ1) is 26.2. The van der Waals surface area contributed by atoms with Crippen LogP contribution in [0.2, 0.25) is 16.6 Å². The molecular weight excluding hydrogens is 456 g/mol. The number of nitrogen functional groups attached to an aromatic ring is 1. The van der Waals surface area contributed by atoms with Crippen molar-refractivity contribution in [3.8, 4) is 0 Å². The molecule has 2 N–H and O–H groups in total. The van der Waals surface area contributed by atoms with Crippen LogP contribution in [-0.4, -0.2) is 50.1 Å². The van der Waals surface area contributed by atoms with Crippen LogP contribution < -0.4 is 10.6 Å². The van der Waals surface area contributed by atoms with E-state index in [0.717, 1.165) is 36.2 Å². The summed E-state index contributed by atoms with van der Waals surface area (Å²) >= 11 is 0. The fourth-order valence-electron chi connectivity index (χ4n) is 6.86. The smallest absolute Gasteiger partial charge is 0.253 e. The van der Waals surface area contributed by atoms with Gasteiger partial charge in [-0.15, -0.1) is 16.6 Å². The SMILES string of the molecule is CC(C)[Si-](OCC1CCCC(n2c(N)nc3cc(N4CCOCC4=O)ccc32)C1)(C(C)C)C(C)C. The van der Waals surface area contributed by atoms with Crippen molar-refractivity contribution in [1.82, 2.24) is 9.55 Å². The zero-order valence-electron chi connectivity index (χ0n) is 22.4. The first-order valence-corrected chi connectivity index (χ1v) is 15.6. The number of hydrogen-bond donors (Lipinski definition) is 1. The van der Waals surface area contributed by atoms with Crippen LogP contribution in [0.1, 0.15) is 73.3 Å². The van der Waals surface area contributed by atoms with Crippen LogP contribution in [0.5, 0.6) is 0 Å². The molecule has 1 saturated carbocycles. The molecule has 4 rings (SSSR count). The predicted octanol–water partition coefficient (Wildman–Crippen LogP) is 5.91. The molecule has 8 heteroatoms. The highest BCUT2D eigenvalue weighted by Crippen LogP contribution is 2.44. The topological polar surface area (TPSA) is 82.6 Å². The molecule has 0 spiro atoms. The van der Waals surface area contributed by atoms with Crippen LogP contribution in [0.25, 0.3) is 11.0 Å². The highest BCUT2D eigenvalue weighted by molar-refractivity contribution is 6.77. The highest BCUT2D eigenvalue weighted by atomic mass is 28.4. The molecule has 1 aliphatic carbocycles. The Kier molecular flexibility index (Phi) is 7.93. The van der Waals surface area contributed by atoms with Crippen molar-refractivity contribution in [3.63, 3.8) is 0 Å². The number of amides is 1. The molecule has 1 aromatic carbocycles. The molecule has 7 nitrogen and oxygen atoms in total. The van der Waals surface area contributed by atoms with Crippen molar-refractivity contribution in [1.29, 1.82) is 0 Å². The van der Waals surface area contributed by atoms with Crippen LogP contribution >= 0.6 is 0 Å². The van der Waals surface area contributed by atoms with Gasteiger partial charge in [-0.05, 0) is 51.7 Å². The number of aromatic nitrogens is 2. The number of morpholine rings is 1. The fraction of sp³-hybridized carbons (Fsp3) is 0.704. The number of imidazole rings is 1. The van der Waals surface area contributed by atoms with Crippen molar-refractivity contribution in [3.05, 3.63) is 18.2 Å². The maximum Gasteiger partial charge on any atom is 0.253 e. The van der Waals surface area contributed by atoms with Gasteiger partial charge in [0.2, 0.25) is 5.95 Å². The van der Waals surface area contributed by atoms with Crippen LogP contribution in [0.15, 0.2) is 18.2 Å². The molecule has 1 aliphatic heterocycles. The number of anilines is 2. The first-order valence-electron chi connectivity index (χ1n) is 13.4. The number of carbonyl (C=O) groups is 1. The Labute approximate surface area is 211 Å². The second-order valence-corrected chi connectivity index (χ2v) is 16.9. The van der Waals surface area contributed by atoms with Gasteiger partial charge in [-0.3, -0.25) is 4.79 Å². The van der Waals surface area contributed by atoms with E-state index in [1.807, 2.05) is 12.1 Å². The Balaban J connectivity index is 1.52. The van der Waals surface area contributed by atoms with Gasteiger partial charge < -0.3 is 24.4 Å². The van der Waals surface area contributed by atoms with Gasteiger partial charge in [0.05, 0.1) is 17.6 Å². The Morgan fingerprint density at radius 3 is 2.51 bits per heavy atom. The quantitative estimate of drug-likeness (QED) is 0.456. The number of nitrogens with two attached hydrogens (primary N) is 1. The molecule has 1 saturated heterocycles. The van der Waals surface area contributed by atoms with E-state index >= 15 is 0 Å². The first-order chi connectivity index (χ1) is 16.6. The van der Waals surface area contributed by atoms with E-state index in [2.05, 4.69) is 52.2 Å². The van der Waals surface area contributed by atoms with E-state index in [1.54, 1.807) is 4.90 Å². The van der Waals surface area contributed by atoms with Gasteiger partial charge >= 0.3 is 0 Å². The average Bonchev–Trinajstić information content (AvgIpc) is 3.14. The third-order valence-corrected chi connectivity index (χ3v) is 14.5. The van der Waals surface area contributed by atoms with Crippen molar-refractivity contribution in [2.24, 2.45) is 5.92 Å². The summed E-state index contributed by atoms with van der Waals surface area (Å²) in [6.07, 6.45) is 4.57. The van der Waals surface area contributed by atoms with Gasteiger partial charge in [-0.1, -0.05) is 48.0 Å². The molecule has 1 amide bonds. The van der Waals surface area contributed by atoms with Gasteiger partial charge in [0, 0.05) is 24.9 Å². The summed E-state index contributed by atoms with van der Waals surface area (Å²) in [7, 11) is -1.87. The molecule has 0 radical (unpaired) electrons. The van der Waals surface area contributed by atoms with E-state index in [1.165, 1.54) is 12.8 Å². The summed E-state index contributed by atoms with van der Waals surface area (Å²) in [5.41, 5.74) is 11.0. The minimum absolute atomic E-state index is 0.0121. The van der Waals surface area contributed by atoms with Crippen molar-refractivity contribution < 1.29 is 14.0 Å². The van der Waals surface area contributed by atoms with Crippen molar-refractivity contribution in [2.75, 3.05) is 37.0 Å². The van der Waals surface area contributed by atoms with Gasteiger partial charge in [-0.25, -0.2) is 4.98 Å². The van der Waals surface area contributed by atoms with E-state index in [-0.39, 0.29) is 12.5 Å². The molecule has 2 aliphatic rings. The fourth-order valence-corrected chi connectivity index (χ4v) is 12.4. The van der Waals surface area contributed by atoms with Gasteiger partial charge in [0.25, 0.3) is 5.91 Å². The summed E-state index contributed by atoms with van der Waals surface area (Å²) < 4.78 is 14.5. The van der Waals surface area contributed by atoms with E-state index in [9.17, 15) is 4.79 Å². The van der Waals surface area contributed by atoms with Crippen molar-refractivity contribution in [2.45, 2.75) is 89.9 Å². The third-order valence-electron chi connectivity index (χ3n) is 8.39. The second-order valence-electron chi connectivity index (χ2n) is 11.4. The maximum absolute atomic E-state index is 12.3. The Morgan fingerprint density at radius 2 is 1.86 bits per heavy atom. The third kappa shape index (κ3) is 5.02. The molecule has 195 valence electrons. The molecule has 2 fully saturated rings. The zero-order chi connectivity index (χ0) is 25.3. The minimum atomic E-state index is -1.87. The Bertz CT molecular complexity index is 1010. The number of benzene rings is 1. The lowest BCUT2D eigenvalue weighted by atomic mass is 9.86. The zero-order valence-corrected chi connectivity index (χ0v) is 23.4. The Morgan fingerprint density at radius 1 is 1.14 bits per heavy atom. The normalized spacial score (nSPS) is 22.2.